The molecule has 0 aliphatic carbocycles. The molecule has 0 amide bonds. The van der Waals surface area contributed by atoms with Crippen molar-refractivity contribution in [3.05, 3.63) is 36.0 Å². The second kappa shape index (κ2) is 4.75. The van der Waals surface area contributed by atoms with Crippen LogP contribution in [0.5, 0.6) is 5.75 Å². The lowest BCUT2D eigenvalue weighted by Crippen LogP contribution is -1.92. The first-order chi connectivity index (χ1) is 7.83. The molecule has 0 bridgehead atoms. The Kier molecular flexibility index (Phi) is 3.15. The number of aryl methyl sites for hydroxylation is 1. The maximum atomic E-state index is 10.3. The maximum absolute atomic E-state index is 10.3. The SMILES string of the molecule is COc1ccc2nc(CCC=O)ccc2c1. The molecular formula is C13H13NO2. The molecule has 1 aromatic carbocycles. The van der Waals surface area contributed by atoms with Crippen molar-refractivity contribution in [3.8, 4) is 5.75 Å². The Labute approximate surface area is 94.1 Å². The summed E-state index contributed by atoms with van der Waals surface area (Å²) in [6.45, 7) is 0. The standard InChI is InChI=1S/C13H13NO2/c1-16-12-6-7-13-10(9-12)4-5-11(14-13)3-2-8-15/h4-9H,2-3H2,1H3. The topological polar surface area (TPSA) is 39.2 Å². The van der Waals surface area contributed by atoms with Crippen molar-refractivity contribution < 1.29 is 9.53 Å². The largest absolute Gasteiger partial charge is 0.497 e. The molecule has 0 saturated heterocycles. The first-order valence-electron chi connectivity index (χ1n) is 5.21. The molecule has 0 unspecified atom stereocenters. The van der Waals surface area contributed by atoms with E-state index < -0.39 is 0 Å². The van der Waals surface area contributed by atoms with Gasteiger partial charge in [0.1, 0.15) is 12.0 Å². The quantitative estimate of drug-likeness (QED) is 0.735. The van der Waals surface area contributed by atoms with Crippen molar-refractivity contribution in [2.45, 2.75) is 12.8 Å². The van der Waals surface area contributed by atoms with Crippen molar-refractivity contribution in [3.63, 3.8) is 0 Å². The highest BCUT2D eigenvalue weighted by atomic mass is 16.5. The van der Waals surface area contributed by atoms with E-state index in [2.05, 4.69) is 4.98 Å². The minimum Gasteiger partial charge on any atom is -0.497 e. The van der Waals surface area contributed by atoms with Crippen molar-refractivity contribution in [1.82, 2.24) is 4.98 Å². The highest BCUT2D eigenvalue weighted by molar-refractivity contribution is 5.80. The van der Waals surface area contributed by atoms with Gasteiger partial charge in [0.05, 0.1) is 12.6 Å². The summed E-state index contributed by atoms with van der Waals surface area (Å²) >= 11 is 0. The van der Waals surface area contributed by atoms with Crippen LogP contribution in [0.25, 0.3) is 10.9 Å². The Bertz CT molecular complexity index is 508. The number of ether oxygens (including phenoxy) is 1. The molecule has 0 fully saturated rings. The zero-order valence-corrected chi connectivity index (χ0v) is 9.14. The Morgan fingerprint density at radius 3 is 2.94 bits per heavy atom. The summed E-state index contributed by atoms with van der Waals surface area (Å²) in [5.41, 5.74) is 1.88. The third kappa shape index (κ3) is 2.19. The van der Waals surface area contributed by atoms with E-state index in [1.54, 1.807) is 7.11 Å². The van der Waals surface area contributed by atoms with Gasteiger partial charge >= 0.3 is 0 Å². The average molecular weight is 215 g/mol. The molecule has 1 aromatic heterocycles. The number of aromatic nitrogens is 1. The molecule has 82 valence electrons. The molecule has 0 atom stereocenters. The Balaban J connectivity index is 2.35. The predicted molar refractivity (Wildman–Crippen MR) is 62.7 cm³/mol. The van der Waals surface area contributed by atoms with Gasteiger partial charge in [0.25, 0.3) is 0 Å². The van der Waals surface area contributed by atoms with Crippen LogP contribution < -0.4 is 4.74 Å². The number of benzene rings is 1. The van der Waals surface area contributed by atoms with E-state index in [0.29, 0.717) is 12.8 Å². The normalized spacial score (nSPS) is 10.3. The van der Waals surface area contributed by atoms with Gasteiger partial charge in [-0.15, -0.1) is 0 Å². The van der Waals surface area contributed by atoms with E-state index in [1.807, 2.05) is 30.3 Å². The predicted octanol–water partition coefficient (Wildman–Crippen LogP) is 2.37. The van der Waals surface area contributed by atoms with Crippen LogP contribution in [-0.2, 0) is 11.2 Å². The third-order valence-corrected chi connectivity index (χ3v) is 2.47. The fourth-order valence-electron chi connectivity index (χ4n) is 1.62. The van der Waals surface area contributed by atoms with Gasteiger partial charge in [0, 0.05) is 17.5 Å². The fraction of sp³-hybridized carbons (Fsp3) is 0.231. The number of carbonyl (C=O) groups is 1. The van der Waals surface area contributed by atoms with Gasteiger partial charge in [-0.1, -0.05) is 6.07 Å². The fourth-order valence-corrected chi connectivity index (χ4v) is 1.62. The van der Waals surface area contributed by atoms with Crippen LogP contribution in [0.2, 0.25) is 0 Å². The molecule has 0 spiro atoms. The second-order valence-electron chi connectivity index (χ2n) is 3.57. The van der Waals surface area contributed by atoms with Gasteiger partial charge in [-0.25, -0.2) is 0 Å². The number of fused-ring (bicyclic) bond motifs is 1. The second-order valence-corrected chi connectivity index (χ2v) is 3.57. The van der Waals surface area contributed by atoms with Crippen LogP contribution in [0.4, 0.5) is 0 Å². The lowest BCUT2D eigenvalue weighted by atomic mass is 10.1. The van der Waals surface area contributed by atoms with Gasteiger partial charge in [-0.2, -0.15) is 0 Å². The molecule has 16 heavy (non-hydrogen) atoms. The average Bonchev–Trinajstić information content (AvgIpc) is 2.35. The minimum absolute atomic E-state index is 0.522. The zero-order chi connectivity index (χ0) is 11.4. The lowest BCUT2D eigenvalue weighted by molar-refractivity contribution is -0.107. The van der Waals surface area contributed by atoms with Gasteiger partial charge in [-0.05, 0) is 30.7 Å². The number of hydrogen-bond acceptors (Lipinski definition) is 3. The summed E-state index contributed by atoms with van der Waals surface area (Å²) in [5.74, 6) is 0.829. The Hall–Kier alpha value is -1.90. The Morgan fingerprint density at radius 1 is 1.31 bits per heavy atom. The highest BCUT2D eigenvalue weighted by Crippen LogP contribution is 2.19. The lowest BCUT2D eigenvalue weighted by Gasteiger charge is -2.03. The number of methoxy groups -OCH3 is 1. The monoisotopic (exact) mass is 215 g/mol. The molecule has 3 heteroatoms. The van der Waals surface area contributed by atoms with Crippen molar-refractivity contribution in [1.29, 1.82) is 0 Å². The van der Waals surface area contributed by atoms with Crippen LogP contribution >= 0.6 is 0 Å². The van der Waals surface area contributed by atoms with E-state index in [-0.39, 0.29) is 0 Å². The minimum atomic E-state index is 0.522. The number of nitrogens with zero attached hydrogens (tertiary/aromatic N) is 1. The molecule has 1 heterocycles. The molecule has 3 nitrogen and oxygen atoms in total. The molecule has 0 aliphatic rings. The third-order valence-electron chi connectivity index (χ3n) is 2.47. The van der Waals surface area contributed by atoms with E-state index in [1.165, 1.54) is 0 Å². The first-order valence-corrected chi connectivity index (χ1v) is 5.21. The van der Waals surface area contributed by atoms with Crippen LogP contribution in [-0.4, -0.2) is 18.4 Å². The molecule has 0 saturated carbocycles. The molecule has 0 aliphatic heterocycles. The van der Waals surface area contributed by atoms with Gasteiger partial charge in [0.2, 0.25) is 0 Å². The van der Waals surface area contributed by atoms with Crippen LogP contribution in [0.1, 0.15) is 12.1 Å². The number of aldehydes is 1. The highest BCUT2D eigenvalue weighted by Gasteiger charge is 2.00. The van der Waals surface area contributed by atoms with Gasteiger partial charge in [0.15, 0.2) is 0 Å². The van der Waals surface area contributed by atoms with Crippen molar-refractivity contribution in [2.75, 3.05) is 7.11 Å². The molecule has 2 rings (SSSR count). The molecular weight excluding hydrogens is 202 g/mol. The maximum Gasteiger partial charge on any atom is 0.120 e. The number of pyridine rings is 1. The van der Waals surface area contributed by atoms with E-state index in [0.717, 1.165) is 28.6 Å². The summed E-state index contributed by atoms with van der Waals surface area (Å²) in [5, 5.41) is 1.05. The summed E-state index contributed by atoms with van der Waals surface area (Å²) in [6.07, 6.45) is 2.14. The number of rotatable bonds is 4. The van der Waals surface area contributed by atoms with Gasteiger partial charge in [-0.3, -0.25) is 4.98 Å². The number of hydrogen-bond donors (Lipinski definition) is 0. The smallest absolute Gasteiger partial charge is 0.120 e. The van der Waals surface area contributed by atoms with E-state index in [9.17, 15) is 4.79 Å². The Morgan fingerprint density at radius 2 is 2.19 bits per heavy atom. The molecule has 0 N–H and O–H groups in total. The first kappa shape index (κ1) is 10.6. The molecule has 0 radical (unpaired) electrons. The summed E-state index contributed by atoms with van der Waals surface area (Å²) in [7, 11) is 1.65. The van der Waals surface area contributed by atoms with Crippen LogP contribution in [0, 0.1) is 0 Å². The summed E-state index contributed by atoms with van der Waals surface area (Å²) in [6, 6.07) is 9.72. The van der Waals surface area contributed by atoms with Crippen molar-refractivity contribution in [2.24, 2.45) is 0 Å². The van der Waals surface area contributed by atoms with Crippen molar-refractivity contribution >= 4 is 17.2 Å². The molecule has 2 aromatic rings. The van der Waals surface area contributed by atoms with Crippen LogP contribution in [0.15, 0.2) is 30.3 Å². The number of carbonyl (C=O) groups excluding carboxylic acids is 1. The van der Waals surface area contributed by atoms with E-state index >= 15 is 0 Å². The van der Waals surface area contributed by atoms with Crippen LogP contribution in [0.3, 0.4) is 0 Å². The summed E-state index contributed by atoms with van der Waals surface area (Å²) < 4.78 is 5.14. The van der Waals surface area contributed by atoms with Gasteiger partial charge < -0.3 is 9.53 Å². The zero-order valence-electron chi connectivity index (χ0n) is 9.14. The summed E-state index contributed by atoms with van der Waals surface area (Å²) in [4.78, 5) is 14.8. The van der Waals surface area contributed by atoms with E-state index in [4.69, 9.17) is 4.74 Å².